The number of hydrogen-bond donors (Lipinski definition) is 3. The van der Waals surface area contributed by atoms with Crippen LogP contribution in [-0.4, -0.2) is 29.5 Å². The number of halogens is 5. The van der Waals surface area contributed by atoms with Crippen molar-refractivity contribution in [3.05, 3.63) is 95.6 Å². The standard InChI is InChI=1S/C27H25F5N2O3/c28-25(29)13-12-21(17-25)33-24(36)34-26(16-18-6-2-1-3-7-18,19-8-4-10-22(35)14-19)20-9-5-11-23(15-20)37-27(30,31)32/h1-11,14-15,21,35H,12-13,16-17H2,(H2,33,34,36)/t21-,26?/m0/s1. The lowest BCUT2D eigenvalue weighted by Crippen LogP contribution is -2.53. The first kappa shape index (κ1) is 26.2. The molecule has 2 atom stereocenters. The Labute approximate surface area is 210 Å². The number of aromatic hydroxyl groups is 1. The third-order valence-corrected chi connectivity index (χ3v) is 6.28. The first-order valence-corrected chi connectivity index (χ1v) is 11.6. The number of ether oxygens (including phenoxy) is 1. The van der Waals surface area contributed by atoms with Crippen LogP contribution in [0.15, 0.2) is 78.9 Å². The Bertz CT molecular complexity index is 1240. The summed E-state index contributed by atoms with van der Waals surface area (Å²) < 4.78 is 70.5. The highest BCUT2D eigenvalue weighted by Gasteiger charge is 2.42. The van der Waals surface area contributed by atoms with Crippen molar-refractivity contribution in [2.75, 3.05) is 0 Å². The van der Waals surface area contributed by atoms with Gasteiger partial charge in [-0.3, -0.25) is 0 Å². The molecule has 3 aromatic rings. The van der Waals surface area contributed by atoms with Gasteiger partial charge >= 0.3 is 12.4 Å². The second-order valence-electron chi connectivity index (χ2n) is 9.09. The van der Waals surface area contributed by atoms with E-state index in [0.717, 1.165) is 17.7 Å². The van der Waals surface area contributed by atoms with Crippen molar-refractivity contribution in [2.24, 2.45) is 0 Å². The van der Waals surface area contributed by atoms with E-state index >= 15 is 0 Å². The van der Waals surface area contributed by atoms with E-state index in [0.29, 0.717) is 5.56 Å². The predicted octanol–water partition coefficient (Wildman–Crippen LogP) is 6.26. The summed E-state index contributed by atoms with van der Waals surface area (Å²) in [6.45, 7) is 0. The number of carbonyl (C=O) groups is 1. The van der Waals surface area contributed by atoms with Gasteiger partial charge in [-0.2, -0.15) is 0 Å². The molecule has 3 N–H and O–H groups in total. The summed E-state index contributed by atoms with van der Waals surface area (Å²) in [5, 5.41) is 15.7. The summed E-state index contributed by atoms with van der Waals surface area (Å²) in [7, 11) is 0. The second kappa shape index (κ2) is 10.3. The van der Waals surface area contributed by atoms with Gasteiger partial charge in [0.15, 0.2) is 0 Å². The smallest absolute Gasteiger partial charge is 0.508 e. The van der Waals surface area contributed by atoms with Crippen LogP contribution in [0.2, 0.25) is 0 Å². The molecule has 0 bridgehead atoms. The number of benzene rings is 3. The van der Waals surface area contributed by atoms with Crippen molar-refractivity contribution in [1.29, 1.82) is 0 Å². The van der Waals surface area contributed by atoms with Crippen LogP contribution in [0, 0.1) is 0 Å². The number of carbonyl (C=O) groups excluding carboxylic acids is 1. The molecule has 4 rings (SSSR count). The third-order valence-electron chi connectivity index (χ3n) is 6.28. The zero-order valence-electron chi connectivity index (χ0n) is 19.6. The van der Waals surface area contributed by atoms with Crippen molar-refractivity contribution >= 4 is 6.03 Å². The Balaban J connectivity index is 1.80. The lowest BCUT2D eigenvalue weighted by Gasteiger charge is -2.37. The zero-order chi connectivity index (χ0) is 26.7. The summed E-state index contributed by atoms with van der Waals surface area (Å²) in [6.07, 6.45) is -5.64. The van der Waals surface area contributed by atoms with Crippen molar-refractivity contribution in [3.8, 4) is 11.5 Å². The molecular formula is C27H25F5N2O3. The summed E-state index contributed by atoms with van der Waals surface area (Å²) in [6, 6.07) is 18.5. The highest BCUT2D eigenvalue weighted by Crippen LogP contribution is 2.38. The Hall–Kier alpha value is -3.82. The monoisotopic (exact) mass is 520 g/mol. The van der Waals surface area contributed by atoms with Crippen LogP contribution in [0.4, 0.5) is 26.7 Å². The molecule has 0 radical (unpaired) electrons. The second-order valence-corrected chi connectivity index (χ2v) is 9.09. The average Bonchev–Trinajstić information content (AvgIpc) is 3.16. The molecule has 1 fully saturated rings. The van der Waals surface area contributed by atoms with Crippen LogP contribution in [0.1, 0.15) is 36.0 Å². The van der Waals surface area contributed by atoms with Crippen LogP contribution in [-0.2, 0) is 12.0 Å². The number of phenols is 1. The van der Waals surface area contributed by atoms with Gasteiger partial charge in [0.1, 0.15) is 11.5 Å². The maximum absolute atomic E-state index is 13.7. The maximum atomic E-state index is 13.7. The first-order valence-electron chi connectivity index (χ1n) is 11.6. The lowest BCUT2D eigenvalue weighted by molar-refractivity contribution is -0.274. The Morgan fingerprint density at radius 2 is 1.65 bits per heavy atom. The van der Waals surface area contributed by atoms with E-state index < -0.39 is 42.1 Å². The topological polar surface area (TPSA) is 70.6 Å². The van der Waals surface area contributed by atoms with Crippen LogP contribution >= 0.6 is 0 Å². The third kappa shape index (κ3) is 6.69. The van der Waals surface area contributed by atoms with Gasteiger partial charge in [0.05, 0.1) is 5.54 Å². The van der Waals surface area contributed by atoms with Gasteiger partial charge in [0, 0.05) is 25.3 Å². The molecule has 0 heterocycles. The molecule has 2 amide bonds. The lowest BCUT2D eigenvalue weighted by atomic mass is 9.77. The fraction of sp³-hybridized carbons (Fsp3) is 0.296. The van der Waals surface area contributed by atoms with Crippen molar-refractivity contribution < 1.29 is 36.6 Å². The Kier molecular flexibility index (Phi) is 7.29. The van der Waals surface area contributed by atoms with E-state index in [2.05, 4.69) is 15.4 Å². The maximum Gasteiger partial charge on any atom is 0.573 e. The molecule has 1 unspecified atom stereocenters. The van der Waals surface area contributed by atoms with Gasteiger partial charge in [0.25, 0.3) is 0 Å². The van der Waals surface area contributed by atoms with E-state index in [1.54, 1.807) is 36.4 Å². The van der Waals surface area contributed by atoms with Crippen molar-refractivity contribution in [2.45, 2.75) is 49.5 Å². The van der Waals surface area contributed by atoms with Gasteiger partial charge < -0.3 is 20.5 Å². The number of phenolic OH excluding ortho intramolecular Hbond substituents is 1. The predicted molar refractivity (Wildman–Crippen MR) is 126 cm³/mol. The number of amides is 2. The Morgan fingerprint density at radius 3 is 2.27 bits per heavy atom. The number of urea groups is 1. The number of rotatable bonds is 7. The molecule has 37 heavy (non-hydrogen) atoms. The Morgan fingerprint density at radius 1 is 0.973 bits per heavy atom. The average molecular weight is 520 g/mol. The fourth-order valence-corrected chi connectivity index (χ4v) is 4.68. The molecule has 1 aliphatic rings. The SMILES string of the molecule is O=C(N[C@H]1CCC(F)(F)C1)NC(Cc1ccccc1)(c1cccc(O)c1)c1cccc(OC(F)(F)F)c1. The summed E-state index contributed by atoms with van der Waals surface area (Å²) in [5.41, 5.74) is -0.181. The quantitative estimate of drug-likeness (QED) is 0.322. The van der Waals surface area contributed by atoms with Crippen LogP contribution in [0.3, 0.4) is 0 Å². The van der Waals surface area contributed by atoms with Gasteiger partial charge in [-0.1, -0.05) is 54.6 Å². The molecule has 196 valence electrons. The van der Waals surface area contributed by atoms with Crippen LogP contribution in [0.25, 0.3) is 0 Å². The van der Waals surface area contributed by atoms with E-state index in [9.17, 15) is 31.9 Å². The van der Waals surface area contributed by atoms with Gasteiger partial charge in [-0.25, -0.2) is 13.6 Å². The fourth-order valence-electron chi connectivity index (χ4n) is 4.68. The highest BCUT2D eigenvalue weighted by atomic mass is 19.4. The molecule has 0 aliphatic heterocycles. The summed E-state index contributed by atoms with van der Waals surface area (Å²) in [5.74, 6) is -3.51. The normalized spacial score (nSPS) is 18.6. The van der Waals surface area contributed by atoms with Gasteiger partial charge in [-0.15, -0.1) is 13.2 Å². The first-order chi connectivity index (χ1) is 17.4. The molecule has 0 saturated heterocycles. The number of nitrogens with one attached hydrogen (secondary N) is 2. The number of alkyl halides is 5. The van der Waals surface area contributed by atoms with Gasteiger partial charge in [-0.05, 0) is 47.4 Å². The molecule has 0 aromatic heterocycles. The van der Waals surface area contributed by atoms with Crippen LogP contribution in [0.5, 0.6) is 11.5 Å². The number of hydrogen-bond acceptors (Lipinski definition) is 3. The van der Waals surface area contributed by atoms with Crippen LogP contribution < -0.4 is 15.4 Å². The molecule has 10 heteroatoms. The summed E-state index contributed by atoms with van der Waals surface area (Å²) in [4.78, 5) is 13.2. The molecule has 5 nitrogen and oxygen atoms in total. The van der Waals surface area contributed by atoms with E-state index in [1.807, 2.05) is 0 Å². The minimum atomic E-state index is -4.94. The summed E-state index contributed by atoms with van der Waals surface area (Å²) >= 11 is 0. The molecule has 3 aromatic carbocycles. The minimum absolute atomic E-state index is 0.0704. The van der Waals surface area contributed by atoms with Crippen molar-refractivity contribution in [3.63, 3.8) is 0 Å². The minimum Gasteiger partial charge on any atom is -0.508 e. The van der Waals surface area contributed by atoms with E-state index in [4.69, 9.17) is 0 Å². The van der Waals surface area contributed by atoms with Gasteiger partial charge in [0.2, 0.25) is 5.92 Å². The largest absolute Gasteiger partial charge is 0.573 e. The molecule has 0 spiro atoms. The van der Waals surface area contributed by atoms with E-state index in [-0.39, 0.29) is 30.6 Å². The van der Waals surface area contributed by atoms with E-state index in [1.165, 1.54) is 30.3 Å². The molecule has 1 aliphatic carbocycles. The molecular weight excluding hydrogens is 495 g/mol. The zero-order valence-corrected chi connectivity index (χ0v) is 19.6. The molecule has 1 saturated carbocycles. The highest BCUT2D eigenvalue weighted by molar-refractivity contribution is 5.76. The van der Waals surface area contributed by atoms with Crippen molar-refractivity contribution in [1.82, 2.24) is 10.6 Å².